The van der Waals surface area contributed by atoms with E-state index in [1.807, 2.05) is 0 Å². The Hall–Kier alpha value is -4.22. The van der Waals surface area contributed by atoms with E-state index in [0.29, 0.717) is 17.9 Å². The average Bonchev–Trinajstić information content (AvgIpc) is 3.06. The minimum Gasteiger partial charge on any atom is -0.478 e. The fraction of sp³-hybridized carbons (Fsp3) is 0.190. The number of nitrogens with one attached hydrogen (secondary N) is 2. The van der Waals surface area contributed by atoms with E-state index < -0.39 is 42.1 Å². The number of carbonyl (C=O) groups excluding carboxylic acids is 1. The van der Waals surface area contributed by atoms with E-state index in [2.05, 4.69) is 20.6 Å². The lowest BCUT2D eigenvalue weighted by Crippen LogP contribution is -2.26. The number of hydrogen-bond acceptors (Lipinski definition) is 9. The van der Waals surface area contributed by atoms with Crippen LogP contribution in [0, 0.1) is 17.5 Å². The summed E-state index contributed by atoms with van der Waals surface area (Å²) in [6.07, 6.45) is 0.527. The molecule has 0 radical (unpaired) electrons. The van der Waals surface area contributed by atoms with Crippen LogP contribution in [-0.2, 0) is 16.0 Å². The number of esters is 1. The summed E-state index contributed by atoms with van der Waals surface area (Å²) in [7, 11) is 1.28. The van der Waals surface area contributed by atoms with Gasteiger partial charge in [0.25, 0.3) is 0 Å². The van der Waals surface area contributed by atoms with Crippen LogP contribution in [0.4, 0.5) is 36.3 Å². The number of fused-ring (bicyclic) bond motifs is 5. The molecular weight excluding hydrogens is 445 g/mol. The Morgan fingerprint density at radius 3 is 2.79 bits per heavy atom. The molecule has 0 saturated heterocycles. The monoisotopic (exact) mass is 460 g/mol. The normalized spacial score (nSPS) is 15.6. The molecule has 0 spiro atoms. The molecule has 6 rings (SSSR count). The number of nitrogens with zero attached hydrogens (tertiary/aromatic N) is 2. The van der Waals surface area contributed by atoms with Gasteiger partial charge in [0.2, 0.25) is 24.4 Å². The van der Waals surface area contributed by atoms with Gasteiger partial charge in [-0.2, -0.15) is 13.8 Å². The third-order valence-electron chi connectivity index (χ3n) is 5.00. The molecule has 3 aliphatic rings. The molecule has 2 bridgehead atoms. The zero-order valence-electron chi connectivity index (χ0n) is 16.9. The maximum Gasteiger partial charge on any atom is 0.347 e. The van der Waals surface area contributed by atoms with Crippen LogP contribution in [0.3, 0.4) is 0 Å². The maximum atomic E-state index is 14.3. The first-order valence-corrected chi connectivity index (χ1v) is 9.64. The molecule has 0 aliphatic carbocycles. The van der Waals surface area contributed by atoms with Crippen molar-refractivity contribution >= 4 is 29.1 Å². The summed E-state index contributed by atoms with van der Waals surface area (Å²) >= 11 is 0. The minimum absolute atomic E-state index is 0.0266. The Bertz CT molecular complexity index is 1270. The summed E-state index contributed by atoms with van der Waals surface area (Å²) in [5.41, 5.74) is 1.27. The first-order chi connectivity index (χ1) is 15.9. The van der Waals surface area contributed by atoms with Crippen molar-refractivity contribution in [2.24, 2.45) is 0 Å². The molecule has 12 heteroatoms. The Balaban J connectivity index is 1.38. The van der Waals surface area contributed by atoms with Gasteiger partial charge in [0.05, 0.1) is 19.0 Å². The first kappa shape index (κ1) is 20.7. The molecule has 0 fully saturated rings. The summed E-state index contributed by atoms with van der Waals surface area (Å²) in [6, 6.07) is 6.23. The summed E-state index contributed by atoms with van der Waals surface area (Å²) in [4.78, 5) is 19.7. The van der Waals surface area contributed by atoms with Gasteiger partial charge in [-0.25, -0.2) is 14.2 Å². The van der Waals surface area contributed by atoms with Crippen molar-refractivity contribution in [3.8, 4) is 17.2 Å². The SMILES string of the molecule is COC(=O)C1Cc2cc(Nc3ncc(F)c(Nc4cc5c(F)c(F)c4OCO5)n3)ccc2O1. The van der Waals surface area contributed by atoms with Crippen LogP contribution in [0.15, 0.2) is 30.5 Å². The van der Waals surface area contributed by atoms with Crippen molar-refractivity contribution in [3.05, 3.63) is 53.5 Å². The molecule has 0 amide bonds. The number of aromatic nitrogens is 2. The molecule has 9 nitrogen and oxygen atoms in total. The highest BCUT2D eigenvalue weighted by Crippen LogP contribution is 2.40. The highest BCUT2D eigenvalue weighted by molar-refractivity contribution is 5.77. The summed E-state index contributed by atoms with van der Waals surface area (Å²) < 4.78 is 62.6. The van der Waals surface area contributed by atoms with E-state index in [1.165, 1.54) is 7.11 Å². The molecule has 170 valence electrons. The molecule has 1 atom stereocenters. The fourth-order valence-electron chi connectivity index (χ4n) is 3.44. The van der Waals surface area contributed by atoms with Crippen molar-refractivity contribution in [2.75, 3.05) is 24.5 Å². The van der Waals surface area contributed by atoms with Gasteiger partial charge in [0.15, 0.2) is 29.2 Å². The molecule has 1 unspecified atom stereocenters. The molecule has 4 heterocycles. The Morgan fingerprint density at radius 2 is 1.97 bits per heavy atom. The third kappa shape index (κ3) is 3.79. The Labute approximate surface area is 184 Å². The molecule has 33 heavy (non-hydrogen) atoms. The lowest BCUT2D eigenvalue weighted by atomic mass is 10.1. The van der Waals surface area contributed by atoms with Crippen LogP contribution >= 0.6 is 0 Å². The van der Waals surface area contributed by atoms with Crippen LogP contribution in [0.5, 0.6) is 17.2 Å². The number of hydrogen-bond donors (Lipinski definition) is 2. The standard InChI is InChI=1S/C21H15F3N4O5/c1-30-20(29)15-5-9-4-10(2-3-13(9)33-15)26-21-25-7-11(22)19(28-21)27-12-6-14-16(23)17(24)18(12)32-8-31-14/h2-4,6-7,15H,5,8H2,1H3,(H2,25,26,27,28). The van der Waals surface area contributed by atoms with E-state index in [4.69, 9.17) is 18.9 Å². The van der Waals surface area contributed by atoms with Crippen LogP contribution in [0.25, 0.3) is 0 Å². The van der Waals surface area contributed by atoms with Gasteiger partial charge in [-0.1, -0.05) is 0 Å². The van der Waals surface area contributed by atoms with Crippen LogP contribution in [0.2, 0.25) is 0 Å². The largest absolute Gasteiger partial charge is 0.478 e. The topological polar surface area (TPSA) is 104 Å². The number of carbonyl (C=O) groups is 1. The summed E-state index contributed by atoms with van der Waals surface area (Å²) in [6.45, 7) is -0.398. The highest BCUT2D eigenvalue weighted by Gasteiger charge is 2.30. The van der Waals surface area contributed by atoms with Crippen LogP contribution in [0.1, 0.15) is 5.56 Å². The van der Waals surface area contributed by atoms with Crippen molar-refractivity contribution in [3.63, 3.8) is 0 Å². The van der Waals surface area contributed by atoms with Gasteiger partial charge in [-0.3, -0.25) is 0 Å². The molecule has 3 aromatic rings. The summed E-state index contributed by atoms with van der Waals surface area (Å²) in [5.74, 6) is -4.33. The molecule has 0 saturated carbocycles. The molecule has 2 N–H and O–H groups in total. The van der Waals surface area contributed by atoms with E-state index in [1.54, 1.807) is 18.2 Å². The van der Waals surface area contributed by atoms with Gasteiger partial charge < -0.3 is 29.6 Å². The highest BCUT2D eigenvalue weighted by atomic mass is 19.2. The van der Waals surface area contributed by atoms with E-state index in [0.717, 1.165) is 17.8 Å². The number of halogens is 3. The van der Waals surface area contributed by atoms with E-state index >= 15 is 0 Å². The third-order valence-corrected chi connectivity index (χ3v) is 5.00. The van der Waals surface area contributed by atoms with Crippen molar-refractivity contribution in [1.29, 1.82) is 0 Å². The predicted molar refractivity (Wildman–Crippen MR) is 108 cm³/mol. The lowest BCUT2D eigenvalue weighted by Gasteiger charge is -2.12. The molecule has 1 aromatic heterocycles. The van der Waals surface area contributed by atoms with Crippen molar-refractivity contribution in [1.82, 2.24) is 9.97 Å². The van der Waals surface area contributed by atoms with Crippen LogP contribution < -0.4 is 24.8 Å². The molecule has 2 aromatic carbocycles. The second kappa shape index (κ2) is 8.04. The second-order valence-corrected chi connectivity index (χ2v) is 7.08. The van der Waals surface area contributed by atoms with E-state index in [-0.39, 0.29) is 23.2 Å². The quantitative estimate of drug-likeness (QED) is 0.553. The van der Waals surface area contributed by atoms with Gasteiger partial charge in [-0.05, 0) is 18.2 Å². The van der Waals surface area contributed by atoms with Crippen LogP contribution in [-0.4, -0.2) is 35.9 Å². The number of benzene rings is 2. The van der Waals surface area contributed by atoms with Gasteiger partial charge >= 0.3 is 5.97 Å². The smallest absolute Gasteiger partial charge is 0.347 e. The number of rotatable bonds is 5. The fourth-order valence-corrected chi connectivity index (χ4v) is 3.44. The number of methoxy groups -OCH3 is 1. The minimum atomic E-state index is -1.26. The van der Waals surface area contributed by atoms with Crippen molar-refractivity contribution < 1.29 is 36.9 Å². The summed E-state index contributed by atoms with van der Waals surface area (Å²) in [5, 5.41) is 5.51. The Kier molecular flexibility index (Phi) is 5.04. The van der Waals surface area contributed by atoms with Gasteiger partial charge in [0, 0.05) is 23.7 Å². The predicted octanol–water partition coefficient (Wildman–Crippen LogP) is 3.59. The zero-order valence-corrected chi connectivity index (χ0v) is 16.9. The van der Waals surface area contributed by atoms with Gasteiger partial charge in [0.1, 0.15) is 5.75 Å². The molecule has 3 aliphatic heterocycles. The average molecular weight is 460 g/mol. The van der Waals surface area contributed by atoms with Crippen molar-refractivity contribution in [2.45, 2.75) is 12.5 Å². The lowest BCUT2D eigenvalue weighted by molar-refractivity contribution is -0.147. The van der Waals surface area contributed by atoms with E-state index in [9.17, 15) is 18.0 Å². The first-order valence-electron chi connectivity index (χ1n) is 9.64. The van der Waals surface area contributed by atoms with Gasteiger partial charge in [-0.15, -0.1) is 0 Å². The Morgan fingerprint density at radius 1 is 1.12 bits per heavy atom. The zero-order chi connectivity index (χ0) is 23.1. The molecular formula is C21H15F3N4O5. The second-order valence-electron chi connectivity index (χ2n) is 7.08. The number of anilines is 4. The number of ether oxygens (including phenoxy) is 4. The maximum absolute atomic E-state index is 14.3.